The number of nitrogens with one attached hydrogen (secondary N) is 1. The maximum atomic E-state index is 5.66. The predicted octanol–water partition coefficient (Wildman–Crippen LogP) is 3.70. The Balaban J connectivity index is 2.90. The Morgan fingerprint density at radius 2 is 2.12 bits per heavy atom. The molecule has 2 atom stereocenters. The molecular formula is C13H21BrN2. The van der Waals surface area contributed by atoms with Crippen molar-refractivity contribution in [1.82, 2.24) is 5.43 Å². The van der Waals surface area contributed by atoms with Crippen molar-refractivity contribution in [1.29, 1.82) is 0 Å². The molecule has 0 saturated heterocycles. The topological polar surface area (TPSA) is 38.0 Å². The smallest absolute Gasteiger partial charge is 0.0485 e. The Morgan fingerprint density at radius 1 is 1.44 bits per heavy atom. The Kier molecular flexibility index (Phi) is 5.46. The van der Waals surface area contributed by atoms with Gasteiger partial charge in [0.15, 0.2) is 0 Å². The van der Waals surface area contributed by atoms with Crippen molar-refractivity contribution in [2.45, 2.75) is 39.7 Å². The Bertz CT molecular complexity index is 339. The molecule has 0 bridgehead atoms. The zero-order chi connectivity index (χ0) is 12.1. The third-order valence-corrected chi connectivity index (χ3v) is 3.90. The molecule has 1 aromatic carbocycles. The van der Waals surface area contributed by atoms with E-state index >= 15 is 0 Å². The van der Waals surface area contributed by atoms with Crippen LogP contribution in [0, 0.1) is 12.8 Å². The molecule has 0 spiro atoms. The van der Waals surface area contributed by atoms with E-state index in [2.05, 4.69) is 60.3 Å². The van der Waals surface area contributed by atoms with E-state index in [1.54, 1.807) is 0 Å². The van der Waals surface area contributed by atoms with E-state index < -0.39 is 0 Å². The minimum Gasteiger partial charge on any atom is -0.271 e. The van der Waals surface area contributed by atoms with Gasteiger partial charge in [-0.1, -0.05) is 48.3 Å². The third kappa shape index (κ3) is 3.30. The summed E-state index contributed by atoms with van der Waals surface area (Å²) in [7, 11) is 0. The summed E-state index contributed by atoms with van der Waals surface area (Å²) < 4.78 is 1.15. The number of aryl methyl sites for hydroxylation is 1. The molecule has 0 aromatic heterocycles. The lowest BCUT2D eigenvalue weighted by Crippen LogP contribution is -2.32. The maximum Gasteiger partial charge on any atom is 0.0485 e. The minimum absolute atomic E-state index is 0.233. The molecular weight excluding hydrogens is 264 g/mol. The van der Waals surface area contributed by atoms with E-state index in [-0.39, 0.29) is 6.04 Å². The highest BCUT2D eigenvalue weighted by Crippen LogP contribution is 2.28. The fourth-order valence-electron chi connectivity index (χ4n) is 2.01. The van der Waals surface area contributed by atoms with E-state index in [9.17, 15) is 0 Å². The minimum atomic E-state index is 0.233. The van der Waals surface area contributed by atoms with Crippen LogP contribution in [-0.4, -0.2) is 0 Å². The first-order valence-electron chi connectivity index (χ1n) is 5.82. The molecule has 1 rings (SSSR count). The number of hydrazine groups is 1. The highest BCUT2D eigenvalue weighted by molar-refractivity contribution is 9.10. The fourth-order valence-corrected chi connectivity index (χ4v) is 2.41. The molecule has 0 fully saturated rings. The molecule has 16 heavy (non-hydrogen) atoms. The number of benzene rings is 1. The summed E-state index contributed by atoms with van der Waals surface area (Å²) in [5.41, 5.74) is 5.43. The Labute approximate surface area is 107 Å². The number of hydrogen-bond donors (Lipinski definition) is 2. The Hall–Kier alpha value is -0.380. The average Bonchev–Trinajstić information content (AvgIpc) is 2.25. The van der Waals surface area contributed by atoms with E-state index in [1.165, 1.54) is 24.0 Å². The molecule has 2 nitrogen and oxygen atoms in total. The second-order valence-corrected chi connectivity index (χ2v) is 5.27. The third-order valence-electron chi connectivity index (χ3n) is 3.05. The first-order valence-corrected chi connectivity index (χ1v) is 6.61. The van der Waals surface area contributed by atoms with Crippen LogP contribution in [0.2, 0.25) is 0 Å². The van der Waals surface area contributed by atoms with Gasteiger partial charge in [-0.25, -0.2) is 0 Å². The van der Waals surface area contributed by atoms with Gasteiger partial charge in [-0.2, -0.15) is 0 Å². The van der Waals surface area contributed by atoms with Gasteiger partial charge in [-0.15, -0.1) is 0 Å². The van der Waals surface area contributed by atoms with Gasteiger partial charge in [0.05, 0.1) is 0 Å². The van der Waals surface area contributed by atoms with Crippen LogP contribution in [0.15, 0.2) is 22.7 Å². The monoisotopic (exact) mass is 284 g/mol. The lowest BCUT2D eigenvalue weighted by molar-refractivity contribution is 0.368. The molecule has 0 aliphatic carbocycles. The van der Waals surface area contributed by atoms with Crippen LogP contribution in [-0.2, 0) is 0 Å². The molecule has 0 saturated carbocycles. The molecule has 2 unspecified atom stereocenters. The maximum absolute atomic E-state index is 5.66. The highest BCUT2D eigenvalue weighted by Gasteiger charge is 2.17. The molecule has 3 N–H and O–H groups in total. The molecule has 90 valence electrons. The second-order valence-electron chi connectivity index (χ2n) is 4.42. The normalized spacial score (nSPS) is 14.8. The predicted molar refractivity (Wildman–Crippen MR) is 73.0 cm³/mol. The summed E-state index contributed by atoms with van der Waals surface area (Å²) in [6.45, 7) is 6.53. The van der Waals surface area contributed by atoms with Gasteiger partial charge in [0.2, 0.25) is 0 Å². The standard InChI is InChI=1S/C13H21BrN2/c1-4-5-10(3)13(16-15)11-7-6-9(2)12(14)8-11/h6-8,10,13,16H,4-5,15H2,1-3H3. The van der Waals surface area contributed by atoms with Gasteiger partial charge in [-0.05, 0) is 36.5 Å². The zero-order valence-corrected chi connectivity index (χ0v) is 11.8. The van der Waals surface area contributed by atoms with Crippen molar-refractivity contribution in [2.75, 3.05) is 0 Å². The second kappa shape index (κ2) is 6.38. The largest absolute Gasteiger partial charge is 0.271 e. The summed E-state index contributed by atoms with van der Waals surface area (Å²) in [5.74, 6) is 6.20. The lowest BCUT2D eigenvalue weighted by atomic mass is 9.91. The summed E-state index contributed by atoms with van der Waals surface area (Å²) in [5, 5.41) is 0. The molecule has 0 amide bonds. The van der Waals surface area contributed by atoms with Crippen molar-refractivity contribution < 1.29 is 0 Å². The quantitative estimate of drug-likeness (QED) is 0.639. The van der Waals surface area contributed by atoms with Crippen molar-refractivity contribution in [3.8, 4) is 0 Å². The van der Waals surface area contributed by atoms with Gasteiger partial charge in [-0.3, -0.25) is 11.3 Å². The van der Waals surface area contributed by atoms with E-state index in [4.69, 9.17) is 5.84 Å². The van der Waals surface area contributed by atoms with E-state index in [0.717, 1.165) is 4.47 Å². The van der Waals surface area contributed by atoms with Crippen molar-refractivity contribution in [2.24, 2.45) is 11.8 Å². The van der Waals surface area contributed by atoms with Crippen LogP contribution < -0.4 is 11.3 Å². The van der Waals surface area contributed by atoms with Gasteiger partial charge in [0, 0.05) is 10.5 Å². The number of halogens is 1. The molecule has 0 aliphatic rings. The highest BCUT2D eigenvalue weighted by atomic mass is 79.9. The van der Waals surface area contributed by atoms with Crippen LogP contribution in [0.3, 0.4) is 0 Å². The molecule has 1 aromatic rings. The number of rotatable bonds is 5. The van der Waals surface area contributed by atoms with E-state index in [1.807, 2.05) is 0 Å². The lowest BCUT2D eigenvalue weighted by Gasteiger charge is -2.23. The SMILES string of the molecule is CCCC(C)C(NN)c1ccc(C)c(Br)c1. The van der Waals surface area contributed by atoms with Crippen molar-refractivity contribution >= 4 is 15.9 Å². The zero-order valence-electron chi connectivity index (χ0n) is 10.3. The molecule has 3 heteroatoms. The van der Waals surface area contributed by atoms with Crippen LogP contribution >= 0.6 is 15.9 Å². The summed E-state index contributed by atoms with van der Waals surface area (Å²) >= 11 is 3.56. The number of hydrogen-bond acceptors (Lipinski definition) is 2. The van der Waals surface area contributed by atoms with Gasteiger partial charge >= 0.3 is 0 Å². The first kappa shape index (κ1) is 13.7. The molecule has 0 radical (unpaired) electrons. The van der Waals surface area contributed by atoms with Crippen molar-refractivity contribution in [3.63, 3.8) is 0 Å². The van der Waals surface area contributed by atoms with Crippen molar-refractivity contribution in [3.05, 3.63) is 33.8 Å². The van der Waals surface area contributed by atoms with Gasteiger partial charge < -0.3 is 0 Å². The van der Waals surface area contributed by atoms with Gasteiger partial charge in [0.1, 0.15) is 0 Å². The summed E-state index contributed by atoms with van der Waals surface area (Å²) in [6, 6.07) is 6.67. The molecule has 0 heterocycles. The summed E-state index contributed by atoms with van der Waals surface area (Å²) in [6.07, 6.45) is 2.37. The van der Waals surface area contributed by atoms with Crippen LogP contribution in [0.25, 0.3) is 0 Å². The van der Waals surface area contributed by atoms with E-state index in [0.29, 0.717) is 5.92 Å². The van der Waals surface area contributed by atoms with Crippen LogP contribution in [0.4, 0.5) is 0 Å². The fraction of sp³-hybridized carbons (Fsp3) is 0.538. The first-order chi connectivity index (χ1) is 7.60. The Morgan fingerprint density at radius 3 is 2.62 bits per heavy atom. The average molecular weight is 285 g/mol. The summed E-state index contributed by atoms with van der Waals surface area (Å²) in [4.78, 5) is 0. The van der Waals surface area contributed by atoms with Gasteiger partial charge in [0.25, 0.3) is 0 Å². The van der Waals surface area contributed by atoms with Crippen LogP contribution in [0.1, 0.15) is 43.9 Å². The number of nitrogens with two attached hydrogens (primary N) is 1. The van der Waals surface area contributed by atoms with Crippen LogP contribution in [0.5, 0.6) is 0 Å². The molecule has 0 aliphatic heterocycles.